The van der Waals surface area contributed by atoms with Crippen molar-refractivity contribution in [2.75, 3.05) is 26.7 Å². The van der Waals surface area contributed by atoms with Gasteiger partial charge in [0.15, 0.2) is 16.6 Å². The fourth-order valence-corrected chi connectivity index (χ4v) is 9.35. The van der Waals surface area contributed by atoms with Gasteiger partial charge < -0.3 is 13.6 Å². The first kappa shape index (κ1) is 13.3. The van der Waals surface area contributed by atoms with E-state index in [4.69, 9.17) is 13.6 Å². The molecule has 0 spiro atoms. The molecule has 0 fully saturated rings. The molecule has 0 aromatic heterocycles. The van der Waals surface area contributed by atoms with Gasteiger partial charge in [0, 0.05) is 14.2 Å². The molecule has 0 saturated heterocycles. The Labute approximate surface area is 83.6 Å². The Kier molecular flexibility index (Phi) is 5.38. The summed E-state index contributed by atoms with van der Waals surface area (Å²) in [5.41, 5.74) is 0. The van der Waals surface area contributed by atoms with Crippen molar-refractivity contribution in [1.82, 2.24) is 0 Å². The molecule has 0 rings (SSSR count). The molecule has 80 valence electrons. The van der Waals surface area contributed by atoms with Crippen LogP contribution in [0.3, 0.4) is 0 Å². The van der Waals surface area contributed by atoms with Crippen LogP contribution in [0, 0.1) is 0 Å². The first-order chi connectivity index (χ1) is 5.83. The number of methoxy groups -OCH3 is 2. The summed E-state index contributed by atoms with van der Waals surface area (Å²) in [5, 5.41) is 0. The minimum atomic E-state index is -1.62. The summed E-state index contributed by atoms with van der Waals surface area (Å²) >= 11 is 0. The summed E-state index contributed by atoms with van der Waals surface area (Å²) in [5.74, 6) is 0. The predicted molar refractivity (Wildman–Crippen MR) is 59.8 cm³/mol. The lowest BCUT2D eigenvalue weighted by molar-refractivity contribution is 0.219. The standard InChI is InChI=1S/C8H22O3Si2/c1-9-7-12(3,4)11-13(5,6)8-10-2/h7-8H2,1-6H3. The maximum Gasteiger partial charge on any atom is 0.199 e. The van der Waals surface area contributed by atoms with Crippen molar-refractivity contribution in [3.63, 3.8) is 0 Å². The molecule has 0 heterocycles. The highest BCUT2D eigenvalue weighted by Crippen LogP contribution is 2.14. The van der Waals surface area contributed by atoms with E-state index >= 15 is 0 Å². The summed E-state index contributed by atoms with van der Waals surface area (Å²) in [7, 11) is 0.217. The van der Waals surface area contributed by atoms with Gasteiger partial charge in [0.1, 0.15) is 0 Å². The smallest absolute Gasteiger partial charge is 0.199 e. The van der Waals surface area contributed by atoms with Gasteiger partial charge in [-0.05, 0) is 26.2 Å². The van der Waals surface area contributed by atoms with Gasteiger partial charge in [-0.2, -0.15) is 0 Å². The molecule has 0 aromatic rings. The highest BCUT2D eigenvalue weighted by molar-refractivity contribution is 6.84. The fraction of sp³-hybridized carbons (Fsp3) is 1.00. The van der Waals surface area contributed by atoms with Crippen molar-refractivity contribution in [3.8, 4) is 0 Å². The number of hydrogen-bond donors (Lipinski definition) is 0. The van der Waals surface area contributed by atoms with E-state index in [0.29, 0.717) is 0 Å². The van der Waals surface area contributed by atoms with Gasteiger partial charge in [-0.15, -0.1) is 0 Å². The third kappa shape index (κ3) is 6.39. The normalized spacial score (nSPS) is 13.4. The summed E-state index contributed by atoms with van der Waals surface area (Å²) in [6.45, 7) is 8.73. The predicted octanol–water partition coefficient (Wildman–Crippen LogP) is 1.78. The van der Waals surface area contributed by atoms with Crippen molar-refractivity contribution in [3.05, 3.63) is 0 Å². The molecule has 0 atom stereocenters. The summed E-state index contributed by atoms with van der Waals surface area (Å²) in [4.78, 5) is 0. The number of rotatable bonds is 6. The van der Waals surface area contributed by atoms with E-state index in [2.05, 4.69) is 26.2 Å². The first-order valence-corrected chi connectivity index (χ1v) is 10.7. The molecule has 13 heavy (non-hydrogen) atoms. The van der Waals surface area contributed by atoms with Crippen molar-refractivity contribution in [2.24, 2.45) is 0 Å². The molecule has 0 amide bonds. The van der Waals surface area contributed by atoms with Crippen LogP contribution in [-0.4, -0.2) is 43.3 Å². The third-order valence-electron chi connectivity index (χ3n) is 1.54. The molecule has 0 radical (unpaired) electrons. The fourth-order valence-electron chi connectivity index (χ4n) is 1.50. The highest BCUT2D eigenvalue weighted by Gasteiger charge is 2.32. The number of ether oxygens (including phenoxy) is 2. The van der Waals surface area contributed by atoms with Gasteiger partial charge in [0.2, 0.25) is 0 Å². The van der Waals surface area contributed by atoms with Crippen LogP contribution < -0.4 is 0 Å². The van der Waals surface area contributed by atoms with E-state index in [1.54, 1.807) is 14.2 Å². The zero-order chi connectivity index (χ0) is 10.5. The van der Waals surface area contributed by atoms with Gasteiger partial charge in [0.25, 0.3) is 0 Å². The molecule has 0 aliphatic heterocycles. The van der Waals surface area contributed by atoms with E-state index in [1.807, 2.05) is 0 Å². The Hall–Kier alpha value is 0.314. The Balaban J connectivity index is 4.07. The van der Waals surface area contributed by atoms with E-state index in [-0.39, 0.29) is 0 Å². The molecular formula is C8H22O3Si2. The van der Waals surface area contributed by atoms with Crippen molar-refractivity contribution in [2.45, 2.75) is 26.2 Å². The van der Waals surface area contributed by atoms with Crippen LogP contribution in [-0.2, 0) is 13.6 Å². The molecule has 0 bridgehead atoms. The molecule has 0 unspecified atom stereocenters. The highest BCUT2D eigenvalue weighted by atomic mass is 28.4. The van der Waals surface area contributed by atoms with Crippen LogP contribution >= 0.6 is 0 Å². The zero-order valence-corrected chi connectivity index (χ0v) is 11.6. The van der Waals surface area contributed by atoms with Crippen LogP contribution in [0.2, 0.25) is 26.2 Å². The molecular weight excluding hydrogens is 200 g/mol. The molecule has 0 aliphatic carbocycles. The maximum atomic E-state index is 6.13. The lowest BCUT2D eigenvalue weighted by atomic mass is 11.5. The average molecular weight is 222 g/mol. The van der Waals surface area contributed by atoms with E-state index < -0.39 is 16.6 Å². The van der Waals surface area contributed by atoms with E-state index in [0.717, 1.165) is 12.5 Å². The van der Waals surface area contributed by atoms with Gasteiger partial charge in [-0.3, -0.25) is 0 Å². The Bertz CT molecular complexity index is 132. The Morgan fingerprint density at radius 1 is 0.769 bits per heavy atom. The minimum absolute atomic E-state index is 0.757. The second-order valence-electron chi connectivity index (χ2n) is 4.49. The van der Waals surface area contributed by atoms with Crippen LogP contribution in [0.1, 0.15) is 0 Å². The molecule has 0 N–H and O–H groups in total. The van der Waals surface area contributed by atoms with E-state index in [9.17, 15) is 0 Å². The first-order valence-electron chi connectivity index (χ1n) is 4.51. The largest absolute Gasteiger partial charge is 0.453 e. The summed E-state index contributed by atoms with van der Waals surface area (Å²) in [6.07, 6.45) is 1.51. The number of hydrogen-bond acceptors (Lipinski definition) is 3. The lowest BCUT2D eigenvalue weighted by Gasteiger charge is -2.32. The minimum Gasteiger partial charge on any atom is -0.453 e. The molecule has 0 aliphatic rings. The van der Waals surface area contributed by atoms with Crippen LogP contribution in [0.25, 0.3) is 0 Å². The summed E-state index contributed by atoms with van der Waals surface area (Å²) < 4.78 is 16.4. The second-order valence-corrected chi connectivity index (χ2v) is 12.9. The molecule has 0 aromatic carbocycles. The molecule has 0 saturated carbocycles. The van der Waals surface area contributed by atoms with E-state index in [1.165, 1.54) is 0 Å². The van der Waals surface area contributed by atoms with Crippen molar-refractivity contribution in [1.29, 1.82) is 0 Å². The van der Waals surface area contributed by atoms with Crippen LogP contribution in [0.4, 0.5) is 0 Å². The zero-order valence-electron chi connectivity index (χ0n) is 9.64. The Morgan fingerprint density at radius 3 is 1.31 bits per heavy atom. The van der Waals surface area contributed by atoms with Gasteiger partial charge >= 0.3 is 0 Å². The van der Waals surface area contributed by atoms with Crippen molar-refractivity contribution >= 4 is 16.6 Å². The SMILES string of the molecule is COC[Si](C)(C)O[Si](C)(C)COC. The van der Waals surface area contributed by atoms with Gasteiger partial charge in [0.05, 0.1) is 12.5 Å². The molecule has 5 heteroatoms. The molecule has 3 nitrogen and oxygen atoms in total. The summed E-state index contributed by atoms with van der Waals surface area (Å²) in [6, 6.07) is 0. The maximum absolute atomic E-state index is 6.13. The third-order valence-corrected chi connectivity index (χ3v) is 7.92. The van der Waals surface area contributed by atoms with Crippen molar-refractivity contribution < 1.29 is 13.6 Å². The van der Waals surface area contributed by atoms with Crippen LogP contribution in [0.5, 0.6) is 0 Å². The second kappa shape index (κ2) is 5.26. The topological polar surface area (TPSA) is 27.7 Å². The lowest BCUT2D eigenvalue weighted by Crippen LogP contribution is -2.50. The monoisotopic (exact) mass is 222 g/mol. The Morgan fingerprint density at radius 2 is 1.08 bits per heavy atom. The van der Waals surface area contributed by atoms with Gasteiger partial charge in [-0.1, -0.05) is 0 Å². The van der Waals surface area contributed by atoms with Gasteiger partial charge in [-0.25, -0.2) is 0 Å². The van der Waals surface area contributed by atoms with Crippen LogP contribution in [0.15, 0.2) is 0 Å². The quantitative estimate of drug-likeness (QED) is 0.641. The average Bonchev–Trinajstić information content (AvgIpc) is 1.82.